The summed E-state index contributed by atoms with van der Waals surface area (Å²) in [7, 11) is 1.44. The van der Waals surface area contributed by atoms with Gasteiger partial charge in [-0.15, -0.1) is 11.8 Å². The van der Waals surface area contributed by atoms with Gasteiger partial charge in [-0.05, 0) is 18.1 Å². The van der Waals surface area contributed by atoms with Crippen molar-refractivity contribution in [2.45, 2.75) is 23.0 Å². The van der Waals surface area contributed by atoms with Gasteiger partial charge in [-0.25, -0.2) is 0 Å². The minimum atomic E-state index is -0.111. The highest BCUT2D eigenvalue weighted by Gasteiger charge is 2.21. The van der Waals surface area contributed by atoms with Crippen molar-refractivity contribution in [1.29, 1.82) is 0 Å². The zero-order valence-corrected chi connectivity index (χ0v) is 11.5. The maximum Gasteiger partial charge on any atom is 0.306 e. The Labute approximate surface area is 111 Å². The summed E-state index contributed by atoms with van der Waals surface area (Å²) < 4.78 is 4.62. The highest BCUT2D eigenvalue weighted by atomic mass is 32.2. The Balaban J connectivity index is 1.68. The molecule has 1 aliphatic heterocycles. The average molecular weight is 268 g/mol. The lowest BCUT2D eigenvalue weighted by atomic mass is 10.1. The maximum absolute atomic E-state index is 10.9. The molecule has 4 heteroatoms. The molecule has 0 spiro atoms. The van der Waals surface area contributed by atoms with Crippen LogP contribution in [0, 0.1) is 0 Å². The first kappa shape index (κ1) is 12.8. The highest BCUT2D eigenvalue weighted by molar-refractivity contribution is 8.03. The van der Waals surface area contributed by atoms with Gasteiger partial charge in [0.05, 0.1) is 13.5 Å². The summed E-state index contributed by atoms with van der Waals surface area (Å²) in [4.78, 5) is 12.4. The molecule has 92 valence electrons. The van der Waals surface area contributed by atoms with Crippen molar-refractivity contribution in [3.63, 3.8) is 0 Å². The number of thioether (sulfide) groups is 2. The van der Waals surface area contributed by atoms with E-state index >= 15 is 0 Å². The SMILES string of the molecule is COC(=O)CCSCC1Cc2ccccc2S1. The second-order valence-electron chi connectivity index (χ2n) is 3.95. The van der Waals surface area contributed by atoms with Crippen LogP contribution in [-0.4, -0.2) is 29.8 Å². The van der Waals surface area contributed by atoms with Gasteiger partial charge in [-0.2, -0.15) is 11.8 Å². The molecule has 1 aromatic carbocycles. The summed E-state index contributed by atoms with van der Waals surface area (Å²) >= 11 is 3.81. The maximum atomic E-state index is 10.9. The molecule has 17 heavy (non-hydrogen) atoms. The Kier molecular flexibility index (Phi) is 4.80. The van der Waals surface area contributed by atoms with Gasteiger partial charge in [0.1, 0.15) is 0 Å². The van der Waals surface area contributed by atoms with Crippen molar-refractivity contribution in [2.24, 2.45) is 0 Å². The summed E-state index contributed by atoms with van der Waals surface area (Å²) in [5.74, 6) is 1.86. The van der Waals surface area contributed by atoms with Crippen LogP contribution in [0.4, 0.5) is 0 Å². The molecular formula is C13H16O2S2. The first-order valence-corrected chi connectivity index (χ1v) is 7.72. The first-order chi connectivity index (χ1) is 8.29. The molecule has 2 nitrogen and oxygen atoms in total. The van der Waals surface area contributed by atoms with Gasteiger partial charge in [-0.3, -0.25) is 4.79 Å². The molecule has 0 fully saturated rings. The largest absolute Gasteiger partial charge is 0.469 e. The molecule has 1 unspecified atom stereocenters. The number of benzene rings is 1. The lowest BCUT2D eigenvalue weighted by Gasteiger charge is -2.07. The molecule has 1 aromatic rings. The van der Waals surface area contributed by atoms with Gasteiger partial charge < -0.3 is 4.74 Å². The molecule has 0 bridgehead atoms. The number of methoxy groups -OCH3 is 1. The predicted octanol–water partition coefficient (Wildman–Crippen LogP) is 3.00. The number of esters is 1. The van der Waals surface area contributed by atoms with E-state index in [1.165, 1.54) is 17.6 Å². The van der Waals surface area contributed by atoms with E-state index < -0.39 is 0 Å². The average Bonchev–Trinajstić information content (AvgIpc) is 2.76. The number of fused-ring (bicyclic) bond motifs is 1. The zero-order valence-electron chi connectivity index (χ0n) is 9.85. The van der Waals surface area contributed by atoms with Crippen LogP contribution in [-0.2, 0) is 16.0 Å². The van der Waals surface area contributed by atoms with Crippen LogP contribution in [0.25, 0.3) is 0 Å². The van der Waals surface area contributed by atoms with Gasteiger partial charge in [0.2, 0.25) is 0 Å². The number of hydrogen-bond acceptors (Lipinski definition) is 4. The second-order valence-corrected chi connectivity index (χ2v) is 6.44. The minimum absolute atomic E-state index is 0.111. The quantitative estimate of drug-likeness (QED) is 0.606. The molecule has 1 aliphatic rings. The first-order valence-electron chi connectivity index (χ1n) is 5.68. The van der Waals surface area contributed by atoms with Crippen LogP contribution < -0.4 is 0 Å². The summed E-state index contributed by atoms with van der Waals surface area (Å²) in [5, 5.41) is 0.662. The number of carbonyl (C=O) groups excluding carboxylic acids is 1. The summed E-state index contributed by atoms with van der Waals surface area (Å²) in [5.41, 5.74) is 1.47. The second kappa shape index (κ2) is 6.36. The normalized spacial score (nSPS) is 17.8. The van der Waals surface area contributed by atoms with Crippen molar-refractivity contribution >= 4 is 29.5 Å². The molecule has 2 rings (SSSR count). The van der Waals surface area contributed by atoms with Crippen molar-refractivity contribution in [2.75, 3.05) is 18.6 Å². The van der Waals surface area contributed by atoms with Gasteiger partial charge in [0.25, 0.3) is 0 Å². The Morgan fingerprint density at radius 1 is 1.53 bits per heavy atom. The number of carbonyl (C=O) groups is 1. The van der Waals surface area contributed by atoms with Crippen LogP contribution in [0.15, 0.2) is 29.2 Å². The Morgan fingerprint density at radius 2 is 2.35 bits per heavy atom. The van der Waals surface area contributed by atoms with Crippen LogP contribution >= 0.6 is 23.5 Å². The molecule has 0 radical (unpaired) electrons. The Hall–Kier alpha value is -0.610. The molecule has 1 atom stereocenters. The molecule has 0 aromatic heterocycles. The van der Waals surface area contributed by atoms with Crippen molar-refractivity contribution in [3.05, 3.63) is 29.8 Å². The molecule has 0 aliphatic carbocycles. The van der Waals surface area contributed by atoms with E-state index in [-0.39, 0.29) is 5.97 Å². The van der Waals surface area contributed by atoms with Crippen molar-refractivity contribution < 1.29 is 9.53 Å². The van der Waals surface area contributed by atoms with E-state index in [9.17, 15) is 4.79 Å². The van der Waals surface area contributed by atoms with Crippen LogP contribution in [0.5, 0.6) is 0 Å². The topological polar surface area (TPSA) is 26.3 Å². The van der Waals surface area contributed by atoms with E-state index in [4.69, 9.17) is 0 Å². The smallest absolute Gasteiger partial charge is 0.306 e. The third kappa shape index (κ3) is 3.68. The van der Waals surface area contributed by atoms with E-state index in [1.807, 2.05) is 23.5 Å². The molecule has 1 heterocycles. The lowest BCUT2D eigenvalue weighted by Crippen LogP contribution is -2.07. The summed E-state index contributed by atoms with van der Waals surface area (Å²) in [6.07, 6.45) is 1.68. The minimum Gasteiger partial charge on any atom is -0.469 e. The van der Waals surface area contributed by atoms with E-state index in [2.05, 4.69) is 29.0 Å². The van der Waals surface area contributed by atoms with Crippen LogP contribution in [0.1, 0.15) is 12.0 Å². The van der Waals surface area contributed by atoms with E-state index in [1.54, 1.807) is 0 Å². The standard InChI is InChI=1S/C13H16O2S2/c1-15-13(14)6-7-16-9-11-8-10-4-2-3-5-12(10)17-11/h2-5,11H,6-9H2,1H3. The molecule has 0 amide bonds. The molecule has 0 N–H and O–H groups in total. The third-order valence-electron chi connectivity index (χ3n) is 2.70. The molecule has 0 saturated carbocycles. The van der Waals surface area contributed by atoms with Gasteiger partial charge >= 0.3 is 5.97 Å². The number of hydrogen-bond donors (Lipinski definition) is 0. The molecule has 0 saturated heterocycles. The van der Waals surface area contributed by atoms with Crippen molar-refractivity contribution in [1.82, 2.24) is 0 Å². The van der Waals surface area contributed by atoms with Gasteiger partial charge in [-0.1, -0.05) is 18.2 Å². The summed E-state index contributed by atoms with van der Waals surface area (Å²) in [6.45, 7) is 0. The molecular weight excluding hydrogens is 252 g/mol. The Morgan fingerprint density at radius 3 is 3.12 bits per heavy atom. The monoisotopic (exact) mass is 268 g/mol. The number of ether oxygens (including phenoxy) is 1. The fourth-order valence-electron chi connectivity index (χ4n) is 1.82. The van der Waals surface area contributed by atoms with E-state index in [0.717, 1.165) is 17.9 Å². The van der Waals surface area contributed by atoms with Gasteiger partial charge in [0, 0.05) is 21.7 Å². The van der Waals surface area contributed by atoms with Crippen LogP contribution in [0.2, 0.25) is 0 Å². The fraction of sp³-hybridized carbons (Fsp3) is 0.462. The van der Waals surface area contributed by atoms with Crippen molar-refractivity contribution in [3.8, 4) is 0 Å². The van der Waals surface area contributed by atoms with E-state index in [0.29, 0.717) is 11.7 Å². The predicted molar refractivity (Wildman–Crippen MR) is 73.7 cm³/mol. The third-order valence-corrected chi connectivity index (χ3v) is 5.36. The number of rotatable bonds is 5. The lowest BCUT2D eigenvalue weighted by molar-refractivity contribution is -0.140. The fourth-order valence-corrected chi connectivity index (χ4v) is 4.32. The highest BCUT2D eigenvalue weighted by Crippen LogP contribution is 2.38. The zero-order chi connectivity index (χ0) is 12.1. The Bertz CT molecular complexity index is 368. The van der Waals surface area contributed by atoms with Crippen LogP contribution in [0.3, 0.4) is 0 Å². The van der Waals surface area contributed by atoms with Gasteiger partial charge in [0.15, 0.2) is 0 Å². The summed E-state index contributed by atoms with van der Waals surface area (Å²) in [6, 6.07) is 8.60.